The summed E-state index contributed by atoms with van der Waals surface area (Å²) in [6, 6.07) is 3.34. The highest BCUT2D eigenvalue weighted by Crippen LogP contribution is 2.35. The first-order valence-electron chi connectivity index (χ1n) is 5.58. The van der Waals surface area contributed by atoms with E-state index in [-0.39, 0.29) is 22.7 Å². The van der Waals surface area contributed by atoms with Crippen LogP contribution in [-0.2, 0) is 4.79 Å². The summed E-state index contributed by atoms with van der Waals surface area (Å²) in [5.41, 5.74) is 0.659. The Kier molecular flexibility index (Phi) is 6.22. The number of phenols is 1. The third-order valence-corrected chi connectivity index (χ3v) is 3.53. The molecule has 0 aliphatic rings. The van der Waals surface area contributed by atoms with Crippen LogP contribution in [0.25, 0.3) is 0 Å². The second kappa shape index (κ2) is 7.21. The molecule has 0 fully saturated rings. The van der Waals surface area contributed by atoms with Crippen LogP contribution in [0, 0.1) is 5.92 Å². The van der Waals surface area contributed by atoms with Crippen molar-refractivity contribution in [2.45, 2.75) is 20.3 Å². The van der Waals surface area contributed by atoms with Gasteiger partial charge in [0.15, 0.2) is 5.11 Å². The van der Waals surface area contributed by atoms with E-state index in [9.17, 15) is 9.90 Å². The molecule has 1 aromatic rings. The molecular formula is C12H14Br2N2O2S. The molecule has 0 saturated heterocycles. The SMILES string of the molecule is CC(C)CC(=O)NC(=S)Nc1cc(Br)c(O)c(Br)c1. The van der Waals surface area contributed by atoms with E-state index in [1.807, 2.05) is 13.8 Å². The van der Waals surface area contributed by atoms with Gasteiger partial charge in [-0.2, -0.15) is 0 Å². The molecule has 1 rings (SSSR count). The standard InChI is InChI=1S/C12H14Br2N2O2S/c1-6(2)3-10(17)16-12(19)15-7-4-8(13)11(18)9(14)5-7/h4-6,18H,3H2,1-2H3,(H2,15,16,17,19). The summed E-state index contributed by atoms with van der Waals surface area (Å²) >= 11 is 11.5. The molecule has 0 aliphatic heterocycles. The maximum absolute atomic E-state index is 11.5. The van der Waals surface area contributed by atoms with Crippen LogP contribution < -0.4 is 10.6 Å². The van der Waals surface area contributed by atoms with Gasteiger partial charge in [-0.25, -0.2) is 0 Å². The summed E-state index contributed by atoms with van der Waals surface area (Å²) in [6.45, 7) is 3.93. The lowest BCUT2D eigenvalue weighted by Gasteiger charge is -2.12. The van der Waals surface area contributed by atoms with Gasteiger partial charge in [0.1, 0.15) is 5.75 Å². The van der Waals surface area contributed by atoms with Crippen molar-refractivity contribution in [1.82, 2.24) is 5.32 Å². The Hall–Kier alpha value is -0.660. The van der Waals surface area contributed by atoms with Crippen molar-refractivity contribution in [1.29, 1.82) is 0 Å². The topological polar surface area (TPSA) is 61.4 Å². The van der Waals surface area contributed by atoms with Crippen LogP contribution in [0.5, 0.6) is 5.75 Å². The minimum atomic E-state index is -0.121. The fourth-order valence-corrected chi connectivity index (χ4v) is 2.77. The molecule has 0 bridgehead atoms. The van der Waals surface area contributed by atoms with Gasteiger partial charge >= 0.3 is 0 Å². The molecule has 1 aromatic carbocycles. The fraction of sp³-hybridized carbons (Fsp3) is 0.333. The largest absolute Gasteiger partial charge is 0.506 e. The van der Waals surface area contributed by atoms with E-state index in [4.69, 9.17) is 12.2 Å². The summed E-state index contributed by atoms with van der Waals surface area (Å²) in [4.78, 5) is 11.5. The van der Waals surface area contributed by atoms with Crippen LogP contribution in [0.4, 0.5) is 5.69 Å². The van der Waals surface area contributed by atoms with Crippen molar-refractivity contribution in [2.75, 3.05) is 5.32 Å². The molecule has 0 saturated carbocycles. The van der Waals surface area contributed by atoms with Crippen molar-refractivity contribution >= 4 is 60.8 Å². The average Bonchev–Trinajstić information content (AvgIpc) is 2.23. The second-order valence-electron chi connectivity index (χ2n) is 4.39. The Morgan fingerprint density at radius 1 is 1.37 bits per heavy atom. The van der Waals surface area contributed by atoms with Crippen LogP contribution in [0.1, 0.15) is 20.3 Å². The number of halogens is 2. The number of carbonyl (C=O) groups is 1. The maximum Gasteiger partial charge on any atom is 0.226 e. The lowest BCUT2D eigenvalue weighted by atomic mass is 10.1. The Bertz CT molecular complexity index is 483. The normalized spacial score (nSPS) is 10.4. The summed E-state index contributed by atoms with van der Waals surface area (Å²) < 4.78 is 1.06. The van der Waals surface area contributed by atoms with Crippen LogP contribution in [0.2, 0.25) is 0 Å². The summed E-state index contributed by atoms with van der Waals surface area (Å²) in [5, 5.41) is 15.3. The third-order valence-electron chi connectivity index (χ3n) is 2.12. The molecule has 0 heterocycles. The van der Waals surface area contributed by atoms with E-state index in [2.05, 4.69) is 42.5 Å². The van der Waals surface area contributed by atoms with Crippen LogP contribution in [-0.4, -0.2) is 16.1 Å². The number of hydrogen-bond donors (Lipinski definition) is 3. The van der Waals surface area contributed by atoms with E-state index >= 15 is 0 Å². The van der Waals surface area contributed by atoms with Gasteiger partial charge in [0.2, 0.25) is 5.91 Å². The number of nitrogens with one attached hydrogen (secondary N) is 2. The maximum atomic E-state index is 11.5. The number of hydrogen-bond acceptors (Lipinski definition) is 3. The molecule has 0 radical (unpaired) electrons. The smallest absolute Gasteiger partial charge is 0.226 e. The minimum Gasteiger partial charge on any atom is -0.506 e. The molecule has 0 unspecified atom stereocenters. The molecule has 0 aromatic heterocycles. The van der Waals surface area contributed by atoms with Gasteiger partial charge < -0.3 is 15.7 Å². The van der Waals surface area contributed by atoms with Crippen molar-refractivity contribution in [3.63, 3.8) is 0 Å². The van der Waals surface area contributed by atoms with Gasteiger partial charge in [-0.15, -0.1) is 0 Å². The first-order valence-corrected chi connectivity index (χ1v) is 7.58. The van der Waals surface area contributed by atoms with Crippen molar-refractivity contribution in [3.8, 4) is 5.75 Å². The van der Waals surface area contributed by atoms with E-state index in [0.717, 1.165) is 0 Å². The molecule has 4 nitrogen and oxygen atoms in total. The lowest BCUT2D eigenvalue weighted by molar-refractivity contribution is -0.120. The number of phenolic OH excluding ortho intramolecular Hbond substituents is 1. The monoisotopic (exact) mass is 408 g/mol. The lowest BCUT2D eigenvalue weighted by Crippen LogP contribution is -2.34. The Morgan fingerprint density at radius 2 is 1.89 bits per heavy atom. The van der Waals surface area contributed by atoms with Crippen LogP contribution in [0.3, 0.4) is 0 Å². The number of anilines is 1. The van der Waals surface area contributed by atoms with Gasteiger partial charge in [-0.3, -0.25) is 4.79 Å². The molecule has 1 amide bonds. The Morgan fingerprint density at radius 3 is 2.37 bits per heavy atom. The van der Waals surface area contributed by atoms with E-state index in [1.54, 1.807) is 12.1 Å². The first-order chi connectivity index (χ1) is 8.79. The molecule has 0 atom stereocenters. The number of thiocarbonyl (C=S) groups is 1. The predicted octanol–water partition coefficient (Wildman–Crippen LogP) is 3.78. The number of amides is 1. The van der Waals surface area contributed by atoms with E-state index in [0.29, 0.717) is 21.1 Å². The first kappa shape index (κ1) is 16.4. The quantitative estimate of drug-likeness (QED) is 0.525. The number of rotatable bonds is 3. The molecule has 7 heteroatoms. The van der Waals surface area contributed by atoms with Gasteiger partial charge in [-0.1, -0.05) is 13.8 Å². The zero-order valence-electron chi connectivity index (χ0n) is 10.5. The van der Waals surface area contributed by atoms with Crippen molar-refractivity contribution < 1.29 is 9.90 Å². The second-order valence-corrected chi connectivity index (χ2v) is 6.51. The van der Waals surface area contributed by atoms with Gasteiger partial charge in [0, 0.05) is 12.1 Å². The van der Waals surface area contributed by atoms with Gasteiger partial charge in [0.25, 0.3) is 0 Å². The zero-order chi connectivity index (χ0) is 14.6. The summed E-state index contributed by atoms with van der Waals surface area (Å²) in [5.74, 6) is 0.268. The Balaban J connectivity index is 2.65. The molecule has 3 N–H and O–H groups in total. The number of aromatic hydroxyl groups is 1. The Labute approximate surface area is 134 Å². The third kappa shape index (κ3) is 5.46. The highest BCUT2D eigenvalue weighted by Gasteiger charge is 2.09. The molecule has 0 spiro atoms. The fourth-order valence-electron chi connectivity index (χ4n) is 1.35. The summed E-state index contributed by atoms with van der Waals surface area (Å²) in [7, 11) is 0. The molecule has 104 valence electrons. The predicted molar refractivity (Wildman–Crippen MR) is 87.3 cm³/mol. The highest BCUT2D eigenvalue weighted by atomic mass is 79.9. The minimum absolute atomic E-state index is 0.111. The number of carbonyl (C=O) groups excluding carboxylic acids is 1. The summed E-state index contributed by atoms with van der Waals surface area (Å²) in [6.07, 6.45) is 0.421. The van der Waals surface area contributed by atoms with Crippen molar-refractivity contribution in [3.05, 3.63) is 21.1 Å². The van der Waals surface area contributed by atoms with E-state index < -0.39 is 0 Å². The highest BCUT2D eigenvalue weighted by molar-refractivity contribution is 9.11. The van der Waals surface area contributed by atoms with Gasteiger partial charge in [0.05, 0.1) is 8.95 Å². The van der Waals surface area contributed by atoms with Crippen LogP contribution >= 0.6 is 44.1 Å². The van der Waals surface area contributed by atoms with Crippen molar-refractivity contribution in [2.24, 2.45) is 5.92 Å². The van der Waals surface area contributed by atoms with E-state index in [1.165, 1.54) is 0 Å². The van der Waals surface area contributed by atoms with Crippen LogP contribution in [0.15, 0.2) is 21.1 Å². The number of benzene rings is 1. The average molecular weight is 410 g/mol. The van der Waals surface area contributed by atoms with Gasteiger partial charge in [-0.05, 0) is 62.1 Å². The zero-order valence-corrected chi connectivity index (χ0v) is 14.4. The molecular weight excluding hydrogens is 396 g/mol. The molecule has 0 aliphatic carbocycles. The molecule has 19 heavy (non-hydrogen) atoms.